The van der Waals surface area contributed by atoms with Crippen molar-refractivity contribution in [3.63, 3.8) is 0 Å². The molecule has 5 rings (SSSR count). The molecule has 0 atom stereocenters. The molecule has 4 aromatic rings. The number of carboxylic acids is 1. The normalized spacial score (nSPS) is 18.2. The van der Waals surface area contributed by atoms with Crippen LogP contribution in [0.15, 0.2) is 54.9 Å². The lowest BCUT2D eigenvalue weighted by atomic mass is 9.79. The summed E-state index contributed by atoms with van der Waals surface area (Å²) in [5.41, 5.74) is 6.49. The predicted octanol–water partition coefficient (Wildman–Crippen LogP) is 5.33. The van der Waals surface area contributed by atoms with Gasteiger partial charge in [0.05, 0.1) is 34.8 Å². The first-order valence-electron chi connectivity index (χ1n) is 11.6. The van der Waals surface area contributed by atoms with Crippen LogP contribution in [0.2, 0.25) is 0 Å². The van der Waals surface area contributed by atoms with Crippen molar-refractivity contribution in [2.45, 2.75) is 45.4 Å². The van der Waals surface area contributed by atoms with Gasteiger partial charge in [-0.25, -0.2) is 9.50 Å². The molecule has 1 fully saturated rings. The number of hydrogen-bond acceptors (Lipinski definition) is 5. The minimum Gasteiger partial charge on any atom is -0.481 e. The Morgan fingerprint density at radius 3 is 2.32 bits per heavy atom. The monoisotopic (exact) mass is 454 g/mol. The van der Waals surface area contributed by atoms with Gasteiger partial charge >= 0.3 is 5.97 Å². The van der Waals surface area contributed by atoms with Crippen LogP contribution in [0, 0.1) is 12.8 Å². The first kappa shape index (κ1) is 21.9. The van der Waals surface area contributed by atoms with Crippen LogP contribution in [0.5, 0.6) is 0 Å². The Hall–Kier alpha value is -3.87. The number of carbonyl (C=O) groups excluding carboxylic acids is 1. The molecule has 172 valence electrons. The van der Waals surface area contributed by atoms with Gasteiger partial charge in [-0.2, -0.15) is 5.10 Å². The summed E-state index contributed by atoms with van der Waals surface area (Å²) in [5.74, 6) is -1.05. The Balaban J connectivity index is 1.56. The molecule has 1 saturated carbocycles. The number of Topliss-reactive ketones (excluding diaryl/α,β-unsaturated/α-hetero) is 1. The van der Waals surface area contributed by atoms with Crippen molar-refractivity contribution in [3.05, 3.63) is 71.8 Å². The number of nitrogens with zero attached hydrogens (tertiary/aromatic N) is 4. The highest BCUT2D eigenvalue weighted by Crippen LogP contribution is 2.38. The van der Waals surface area contributed by atoms with E-state index in [2.05, 4.69) is 10.1 Å². The number of benzene rings is 1. The SMILES string of the molecule is CC(=O)c1c(C2CCC(C(=O)O)CC2)nc2c(-c3ccc(-c4ccccc4)nc3)cnn2c1C. The molecule has 0 bridgehead atoms. The van der Waals surface area contributed by atoms with Gasteiger partial charge in [-0.3, -0.25) is 14.6 Å². The van der Waals surface area contributed by atoms with E-state index in [1.54, 1.807) is 17.6 Å². The number of aryl methyl sites for hydroxylation is 1. The van der Waals surface area contributed by atoms with Crippen LogP contribution in [-0.4, -0.2) is 36.4 Å². The van der Waals surface area contributed by atoms with Gasteiger partial charge in [-0.15, -0.1) is 0 Å². The van der Waals surface area contributed by atoms with Crippen LogP contribution in [0.3, 0.4) is 0 Å². The highest BCUT2D eigenvalue weighted by Gasteiger charge is 2.31. The van der Waals surface area contributed by atoms with Gasteiger partial charge in [-0.05, 0) is 45.6 Å². The van der Waals surface area contributed by atoms with E-state index in [0.717, 1.165) is 33.8 Å². The Morgan fingerprint density at radius 2 is 1.71 bits per heavy atom. The van der Waals surface area contributed by atoms with Crippen LogP contribution >= 0.6 is 0 Å². The molecule has 1 aromatic carbocycles. The van der Waals surface area contributed by atoms with E-state index < -0.39 is 5.97 Å². The number of rotatable bonds is 5. The summed E-state index contributed by atoms with van der Waals surface area (Å²) < 4.78 is 1.73. The standard InChI is InChI=1S/C27H26N4O3/c1-16-24(17(2)32)25(19-8-10-20(11-9-19)27(33)34)30-26-22(15-29-31(16)26)21-12-13-23(28-14-21)18-6-4-3-5-7-18/h3-7,12-15,19-20H,8-11H2,1-2H3,(H,33,34). The van der Waals surface area contributed by atoms with Crippen LogP contribution in [0.4, 0.5) is 0 Å². The Kier molecular flexibility index (Phi) is 5.69. The average molecular weight is 455 g/mol. The van der Waals surface area contributed by atoms with Crippen LogP contribution < -0.4 is 0 Å². The van der Waals surface area contributed by atoms with Crippen LogP contribution in [0.1, 0.15) is 60.3 Å². The predicted molar refractivity (Wildman–Crippen MR) is 129 cm³/mol. The van der Waals surface area contributed by atoms with E-state index in [9.17, 15) is 14.7 Å². The van der Waals surface area contributed by atoms with Gasteiger partial charge in [-0.1, -0.05) is 36.4 Å². The first-order valence-corrected chi connectivity index (χ1v) is 11.6. The second-order valence-electron chi connectivity index (χ2n) is 8.99. The summed E-state index contributed by atoms with van der Waals surface area (Å²) in [6.45, 7) is 3.45. The van der Waals surface area contributed by atoms with Gasteiger partial charge in [0, 0.05) is 28.8 Å². The van der Waals surface area contributed by atoms with Crippen molar-refractivity contribution in [1.82, 2.24) is 19.6 Å². The number of hydrogen-bond donors (Lipinski definition) is 1. The third kappa shape index (κ3) is 3.87. The van der Waals surface area contributed by atoms with Crippen molar-refractivity contribution in [2.24, 2.45) is 5.92 Å². The van der Waals surface area contributed by atoms with Gasteiger partial charge in [0.2, 0.25) is 0 Å². The van der Waals surface area contributed by atoms with E-state index in [0.29, 0.717) is 36.9 Å². The molecule has 0 radical (unpaired) electrons. The number of aromatic nitrogens is 4. The molecule has 1 aliphatic carbocycles. The van der Waals surface area contributed by atoms with Gasteiger partial charge in [0.15, 0.2) is 11.4 Å². The molecule has 0 spiro atoms. The molecule has 7 nitrogen and oxygen atoms in total. The third-order valence-corrected chi connectivity index (χ3v) is 6.87. The third-order valence-electron chi connectivity index (χ3n) is 6.87. The minimum absolute atomic E-state index is 0.0480. The molecule has 1 aliphatic rings. The molecule has 0 amide bonds. The maximum Gasteiger partial charge on any atom is 0.306 e. The van der Waals surface area contributed by atoms with E-state index in [4.69, 9.17) is 4.98 Å². The summed E-state index contributed by atoms with van der Waals surface area (Å²) in [7, 11) is 0. The molecule has 0 unspecified atom stereocenters. The highest BCUT2D eigenvalue weighted by molar-refractivity contribution is 5.97. The quantitative estimate of drug-likeness (QED) is 0.410. The zero-order valence-electron chi connectivity index (χ0n) is 19.2. The number of ketones is 1. The van der Waals surface area contributed by atoms with Crippen molar-refractivity contribution in [1.29, 1.82) is 0 Å². The fraction of sp³-hybridized carbons (Fsp3) is 0.296. The number of aliphatic carboxylic acids is 1. The summed E-state index contributed by atoms with van der Waals surface area (Å²) in [6.07, 6.45) is 6.20. The summed E-state index contributed by atoms with van der Waals surface area (Å²) in [6, 6.07) is 14.0. The van der Waals surface area contributed by atoms with E-state index in [1.165, 1.54) is 0 Å². The molecule has 34 heavy (non-hydrogen) atoms. The maximum absolute atomic E-state index is 12.6. The molecule has 3 aromatic heterocycles. The van der Waals surface area contributed by atoms with Gasteiger partial charge < -0.3 is 5.11 Å². The van der Waals surface area contributed by atoms with E-state index in [-0.39, 0.29) is 17.6 Å². The second-order valence-corrected chi connectivity index (χ2v) is 8.99. The molecule has 7 heteroatoms. The summed E-state index contributed by atoms with van der Waals surface area (Å²) >= 11 is 0. The summed E-state index contributed by atoms with van der Waals surface area (Å²) in [5, 5.41) is 13.9. The Morgan fingerprint density at radius 1 is 0.971 bits per heavy atom. The second kappa shape index (κ2) is 8.82. The molecule has 0 aliphatic heterocycles. The van der Waals surface area contributed by atoms with E-state index in [1.807, 2.05) is 55.6 Å². The van der Waals surface area contributed by atoms with Crippen molar-refractivity contribution in [3.8, 4) is 22.4 Å². The van der Waals surface area contributed by atoms with Gasteiger partial charge in [0.25, 0.3) is 0 Å². The van der Waals surface area contributed by atoms with Gasteiger partial charge in [0.1, 0.15) is 0 Å². The lowest BCUT2D eigenvalue weighted by Crippen LogP contribution is -2.23. The number of pyridine rings is 1. The average Bonchev–Trinajstić information content (AvgIpc) is 3.29. The molecule has 3 heterocycles. The molecular formula is C27H26N4O3. The fourth-order valence-electron chi connectivity index (χ4n) is 5.04. The summed E-state index contributed by atoms with van der Waals surface area (Å²) in [4.78, 5) is 33.6. The maximum atomic E-state index is 12.6. The first-order chi connectivity index (χ1) is 16.4. The number of fused-ring (bicyclic) bond motifs is 1. The van der Waals surface area contributed by atoms with Crippen molar-refractivity contribution >= 4 is 17.4 Å². The smallest absolute Gasteiger partial charge is 0.306 e. The van der Waals surface area contributed by atoms with E-state index >= 15 is 0 Å². The molecule has 1 N–H and O–H groups in total. The fourth-order valence-corrected chi connectivity index (χ4v) is 5.04. The highest BCUT2D eigenvalue weighted by atomic mass is 16.4. The largest absolute Gasteiger partial charge is 0.481 e. The van der Waals surface area contributed by atoms with Crippen LogP contribution in [0.25, 0.3) is 28.0 Å². The molecule has 0 saturated heterocycles. The van der Waals surface area contributed by atoms with Crippen molar-refractivity contribution < 1.29 is 14.7 Å². The van der Waals surface area contributed by atoms with Crippen LogP contribution in [-0.2, 0) is 4.79 Å². The zero-order valence-corrected chi connectivity index (χ0v) is 19.2. The zero-order chi connectivity index (χ0) is 23.8. The number of carbonyl (C=O) groups is 2. The topological polar surface area (TPSA) is 97.5 Å². The minimum atomic E-state index is -0.741. The number of carboxylic acid groups (broad SMARTS) is 1. The van der Waals surface area contributed by atoms with Crippen molar-refractivity contribution in [2.75, 3.05) is 0 Å². The molecular weight excluding hydrogens is 428 g/mol. The lowest BCUT2D eigenvalue weighted by molar-refractivity contribution is -0.142. The lowest BCUT2D eigenvalue weighted by Gasteiger charge is -2.27. The Bertz CT molecular complexity index is 1370. The Labute approximate surface area is 197 Å².